The van der Waals surface area contributed by atoms with E-state index in [0.717, 1.165) is 10.6 Å². The Hall–Kier alpha value is -1.16. The average Bonchev–Trinajstić information content (AvgIpc) is 2.27. The lowest BCUT2D eigenvalue weighted by Gasteiger charge is -2.24. The number of hydrogen-bond acceptors (Lipinski definition) is 3. The molecule has 0 aliphatic carbocycles. The highest BCUT2D eigenvalue weighted by Gasteiger charge is 2.23. The molecular formula is C10H12N2OS. The zero-order valence-electron chi connectivity index (χ0n) is 7.91. The number of fused-ring (bicyclic) bond motifs is 1. The van der Waals surface area contributed by atoms with Crippen molar-refractivity contribution in [3.05, 3.63) is 24.3 Å². The van der Waals surface area contributed by atoms with Crippen LogP contribution in [0, 0.1) is 0 Å². The normalized spacial score (nSPS) is 19.4. The van der Waals surface area contributed by atoms with E-state index < -0.39 is 0 Å². The van der Waals surface area contributed by atoms with Crippen molar-refractivity contribution in [3.8, 4) is 0 Å². The molecule has 0 aromatic heterocycles. The summed E-state index contributed by atoms with van der Waals surface area (Å²) in [4.78, 5) is 12.6. The summed E-state index contributed by atoms with van der Waals surface area (Å²) in [6.45, 7) is 0.696. The van der Waals surface area contributed by atoms with E-state index in [1.54, 1.807) is 18.8 Å². The van der Waals surface area contributed by atoms with Gasteiger partial charge in [-0.1, -0.05) is 12.1 Å². The number of nitrogens with one attached hydrogen (secondary N) is 2. The second-order valence-corrected chi connectivity index (χ2v) is 4.34. The largest absolute Gasteiger partial charge is 0.382 e. The Morgan fingerprint density at radius 1 is 1.57 bits per heavy atom. The molecule has 0 fully saturated rings. The quantitative estimate of drug-likeness (QED) is 0.731. The van der Waals surface area contributed by atoms with E-state index in [1.165, 1.54) is 0 Å². The van der Waals surface area contributed by atoms with Crippen LogP contribution in [0.4, 0.5) is 5.69 Å². The Bertz CT molecular complexity index is 354. The van der Waals surface area contributed by atoms with E-state index in [9.17, 15) is 4.79 Å². The van der Waals surface area contributed by atoms with Gasteiger partial charge in [0.15, 0.2) is 0 Å². The van der Waals surface area contributed by atoms with Crippen LogP contribution < -0.4 is 10.6 Å². The molecule has 1 aromatic carbocycles. The molecule has 0 saturated carbocycles. The molecule has 1 aliphatic heterocycles. The first kappa shape index (κ1) is 9.40. The first-order chi connectivity index (χ1) is 6.81. The Morgan fingerprint density at radius 3 is 3.14 bits per heavy atom. The highest BCUT2D eigenvalue weighted by molar-refractivity contribution is 8.00. The van der Waals surface area contributed by atoms with Gasteiger partial charge in [-0.3, -0.25) is 4.79 Å². The third kappa shape index (κ3) is 1.70. The lowest BCUT2D eigenvalue weighted by Crippen LogP contribution is -2.36. The van der Waals surface area contributed by atoms with Crippen LogP contribution in [0.2, 0.25) is 0 Å². The van der Waals surface area contributed by atoms with Crippen molar-refractivity contribution < 1.29 is 4.79 Å². The first-order valence-corrected chi connectivity index (χ1v) is 5.40. The van der Waals surface area contributed by atoms with Gasteiger partial charge in [0.2, 0.25) is 5.91 Å². The second kappa shape index (κ2) is 3.92. The van der Waals surface area contributed by atoms with Crippen molar-refractivity contribution in [1.82, 2.24) is 5.32 Å². The topological polar surface area (TPSA) is 41.1 Å². The molecule has 1 amide bonds. The predicted octanol–water partition coefficient (Wildman–Crippen LogP) is 1.32. The van der Waals surface area contributed by atoms with Crippen LogP contribution in [0.5, 0.6) is 0 Å². The smallest absolute Gasteiger partial charge is 0.235 e. The molecule has 3 nitrogen and oxygen atoms in total. The van der Waals surface area contributed by atoms with Gasteiger partial charge in [-0.25, -0.2) is 0 Å². The van der Waals surface area contributed by atoms with Gasteiger partial charge in [-0.2, -0.15) is 0 Å². The van der Waals surface area contributed by atoms with Crippen LogP contribution in [0.15, 0.2) is 29.2 Å². The molecule has 0 saturated heterocycles. The summed E-state index contributed by atoms with van der Waals surface area (Å²) in [5, 5.41) is 5.89. The third-order valence-electron chi connectivity index (χ3n) is 2.17. The number of amides is 1. The molecule has 0 radical (unpaired) electrons. The van der Waals surface area contributed by atoms with Gasteiger partial charge in [0, 0.05) is 24.2 Å². The molecule has 1 aliphatic rings. The van der Waals surface area contributed by atoms with Crippen LogP contribution in [0.3, 0.4) is 0 Å². The van der Waals surface area contributed by atoms with Gasteiger partial charge in [0.05, 0.1) is 0 Å². The Kier molecular flexibility index (Phi) is 2.63. The number of benzene rings is 1. The summed E-state index contributed by atoms with van der Waals surface area (Å²) < 4.78 is 0. The SMILES string of the molecule is CNC(=O)[C@@H]1CNc2ccccc2S1. The van der Waals surface area contributed by atoms with Crippen molar-refractivity contribution in [2.45, 2.75) is 10.1 Å². The van der Waals surface area contributed by atoms with E-state index in [1.807, 2.05) is 24.3 Å². The summed E-state index contributed by atoms with van der Waals surface area (Å²) in [6, 6.07) is 8.04. The highest BCUT2D eigenvalue weighted by Crippen LogP contribution is 2.34. The monoisotopic (exact) mass is 208 g/mol. The third-order valence-corrected chi connectivity index (χ3v) is 3.45. The fourth-order valence-corrected chi connectivity index (χ4v) is 2.54. The minimum absolute atomic E-state index is 0.0186. The lowest BCUT2D eigenvalue weighted by atomic mass is 10.3. The number of carbonyl (C=O) groups is 1. The van der Waals surface area contributed by atoms with Gasteiger partial charge < -0.3 is 10.6 Å². The van der Waals surface area contributed by atoms with Crippen LogP contribution in [0.1, 0.15) is 0 Å². The first-order valence-electron chi connectivity index (χ1n) is 4.52. The zero-order valence-corrected chi connectivity index (χ0v) is 8.73. The minimum atomic E-state index is -0.0186. The van der Waals surface area contributed by atoms with Crippen LogP contribution >= 0.6 is 11.8 Å². The maximum absolute atomic E-state index is 11.4. The van der Waals surface area contributed by atoms with E-state index in [0.29, 0.717) is 6.54 Å². The second-order valence-electron chi connectivity index (χ2n) is 3.10. The molecule has 0 spiro atoms. The van der Waals surface area contributed by atoms with Crippen LogP contribution in [0.25, 0.3) is 0 Å². The molecule has 14 heavy (non-hydrogen) atoms. The lowest BCUT2D eigenvalue weighted by molar-refractivity contribution is -0.119. The van der Waals surface area contributed by atoms with Crippen molar-refractivity contribution >= 4 is 23.4 Å². The summed E-state index contributed by atoms with van der Waals surface area (Å²) in [5.74, 6) is 0.0806. The van der Waals surface area contributed by atoms with Gasteiger partial charge in [-0.05, 0) is 12.1 Å². The average molecular weight is 208 g/mol. The maximum Gasteiger partial charge on any atom is 0.235 e. The van der Waals surface area contributed by atoms with Crippen molar-refractivity contribution in [3.63, 3.8) is 0 Å². The number of para-hydroxylation sites is 1. The Labute approximate surface area is 87.3 Å². The fourth-order valence-electron chi connectivity index (χ4n) is 1.42. The van der Waals surface area contributed by atoms with Gasteiger partial charge in [0.1, 0.15) is 5.25 Å². The van der Waals surface area contributed by atoms with Crippen LogP contribution in [-0.4, -0.2) is 24.7 Å². The molecule has 1 heterocycles. The predicted molar refractivity (Wildman–Crippen MR) is 58.6 cm³/mol. The molecule has 4 heteroatoms. The number of anilines is 1. The standard InChI is InChI=1S/C10H12N2OS/c1-11-10(13)9-6-12-7-4-2-3-5-8(7)14-9/h2-5,9,12H,6H2,1H3,(H,11,13)/t9-/m0/s1. The number of hydrogen-bond donors (Lipinski definition) is 2. The van der Waals surface area contributed by atoms with Crippen molar-refractivity contribution in [1.29, 1.82) is 0 Å². The molecule has 1 atom stereocenters. The molecule has 1 aromatic rings. The fraction of sp³-hybridized carbons (Fsp3) is 0.300. The Balaban J connectivity index is 2.17. The van der Waals surface area contributed by atoms with E-state index in [-0.39, 0.29) is 11.2 Å². The van der Waals surface area contributed by atoms with Gasteiger partial charge in [-0.15, -0.1) is 11.8 Å². The maximum atomic E-state index is 11.4. The van der Waals surface area contributed by atoms with E-state index in [2.05, 4.69) is 10.6 Å². The summed E-state index contributed by atoms with van der Waals surface area (Å²) >= 11 is 1.62. The molecule has 74 valence electrons. The molecular weight excluding hydrogens is 196 g/mol. The zero-order chi connectivity index (χ0) is 9.97. The summed E-state index contributed by atoms with van der Waals surface area (Å²) in [7, 11) is 1.67. The van der Waals surface area contributed by atoms with Crippen LogP contribution in [-0.2, 0) is 4.79 Å². The minimum Gasteiger partial charge on any atom is -0.382 e. The molecule has 0 bridgehead atoms. The molecule has 2 rings (SSSR count). The summed E-state index contributed by atoms with van der Waals surface area (Å²) in [5.41, 5.74) is 1.12. The Morgan fingerprint density at radius 2 is 2.36 bits per heavy atom. The van der Waals surface area contributed by atoms with E-state index >= 15 is 0 Å². The molecule has 0 unspecified atom stereocenters. The summed E-state index contributed by atoms with van der Waals surface area (Å²) in [6.07, 6.45) is 0. The van der Waals surface area contributed by atoms with E-state index in [4.69, 9.17) is 0 Å². The highest BCUT2D eigenvalue weighted by atomic mass is 32.2. The number of thioether (sulfide) groups is 1. The van der Waals surface area contributed by atoms with Crippen molar-refractivity contribution in [2.24, 2.45) is 0 Å². The van der Waals surface area contributed by atoms with Gasteiger partial charge >= 0.3 is 0 Å². The van der Waals surface area contributed by atoms with Crippen molar-refractivity contribution in [2.75, 3.05) is 18.9 Å². The van der Waals surface area contributed by atoms with Gasteiger partial charge in [0.25, 0.3) is 0 Å². The number of carbonyl (C=O) groups excluding carboxylic acids is 1. The molecule has 2 N–H and O–H groups in total. The number of rotatable bonds is 1.